The number of benzene rings is 1. The lowest BCUT2D eigenvalue weighted by Crippen LogP contribution is -2.45. The number of urea groups is 1. The zero-order valence-electron chi connectivity index (χ0n) is 14.6. The van der Waals surface area contributed by atoms with E-state index in [1.165, 1.54) is 5.69 Å². The third-order valence-electron chi connectivity index (χ3n) is 4.72. The number of amides is 2. The first-order valence-electron chi connectivity index (χ1n) is 8.44. The number of hydrogen-bond donors (Lipinski definition) is 1. The molecule has 1 aromatic carbocycles. The van der Waals surface area contributed by atoms with Crippen LogP contribution >= 0.6 is 22.9 Å². The number of halogens is 1. The fourth-order valence-electron chi connectivity index (χ4n) is 3.39. The first kappa shape index (κ1) is 17.1. The molecule has 0 spiro atoms. The van der Waals surface area contributed by atoms with Gasteiger partial charge < -0.3 is 10.2 Å². The van der Waals surface area contributed by atoms with Crippen LogP contribution in [0.15, 0.2) is 41.8 Å². The highest BCUT2D eigenvalue weighted by Crippen LogP contribution is 2.34. The molecule has 4 rings (SSSR count). The Kier molecular flexibility index (Phi) is 4.46. The van der Waals surface area contributed by atoms with Crippen molar-refractivity contribution in [1.29, 1.82) is 0 Å². The van der Waals surface area contributed by atoms with Crippen molar-refractivity contribution >= 4 is 34.7 Å². The predicted octanol–water partition coefficient (Wildman–Crippen LogP) is 4.78. The van der Waals surface area contributed by atoms with E-state index in [1.807, 2.05) is 40.2 Å². The maximum Gasteiger partial charge on any atom is 0.322 e. The SMILES string of the molecule is CC1Cc2c(c(-c3cccs3)nn2C)CN1C(=O)Nc1cccc(Cl)c1. The Hall–Kier alpha value is -2.31. The predicted molar refractivity (Wildman–Crippen MR) is 106 cm³/mol. The van der Waals surface area contributed by atoms with Crippen LogP contribution in [0.2, 0.25) is 5.02 Å². The van der Waals surface area contributed by atoms with Crippen molar-refractivity contribution in [3.63, 3.8) is 0 Å². The van der Waals surface area contributed by atoms with Crippen LogP contribution in [-0.2, 0) is 20.0 Å². The summed E-state index contributed by atoms with van der Waals surface area (Å²) in [6, 6.07) is 11.3. The first-order chi connectivity index (χ1) is 12.5. The van der Waals surface area contributed by atoms with Gasteiger partial charge in [-0.2, -0.15) is 5.10 Å². The van der Waals surface area contributed by atoms with E-state index in [-0.39, 0.29) is 12.1 Å². The lowest BCUT2D eigenvalue weighted by Gasteiger charge is -2.34. The molecule has 2 aromatic heterocycles. The minimum atomic E-state index is -0.119. The van der Waals surface area contributed by atoms with Crippen LogP contribution in [-0.4, -0.2) is 26.8 Å². The number of aromatic nitrogens is 2. The number of fused-ring (bicyclic) bond motifs is 1. The molecule has 1 unspecified atom stereocenters. The molecule has 7 heteroatoms. The van der Waals surface area contributed by atoms with Crippen LogP contribution in [0.5, 0.6) is 0 Å². The standard InChI is InChI=1S/C19H19ClN4OS/c1-12-9-16-15(18(22-23(16)2)17-7-4-8-26-17)11-24(12)19(25)21-14-6-3-5-13(20)10-14/h3-8,10,12H,9,11H2,1-2H3,(H,21,25). The highest BCUT2D eigenvalue weighted by molar-refractivity contribution is 7.13. The van der Waals surface area contributed by atoms with Crippen molar-refractivity contribution in [3.05, 3.63) is 58.1 Å². The van der Waals surface area contributed by atoms with Crippen LogP contribution in [0, 0.1) is 0 Å². The normalized spacial score (nSPS) is 16.4. The highest BCUT2D eigenvalue weighted by Gasteiger charge is 2.32. The zero-order chi connectivity index (χ0) is 18.3. The van der Waals surface area contributed by atoms with Crippen LogP contribution < -0.4 is 5.32 Å². The second-order valence-electron chi connectivity index (χ2n) is 6.50. The molecule has 0 radical (unpaired) electrons. The van der Waals surface area contributed by atoms with Gasteiger partial charge in [-0.1, -0.05) is 23.7 Å². The van der Waals surface area contributed by atoms with Gasteiger partial charge in [0.2, 0.25) is 0 Å². The van der Waals surface area contributed by atoms with Crippen molar-refractivity contribution in [2.24, 2.45) is 7.05 Å². The number of carbonyl (C=O) groups is 1. The summed E-state index contributed by atoms with van der Waals surface area (Å²) in [5.74, 6) is 0. The van der Waals surface area contributed by atoms with Crippen molar-refractivity contribution in [3.8, 4) is 10.6 Å². The van der Waals surface area contributed by atoms with E-state index in [0.29, 0.717) is 17.3 Å². The molecule has 0 bridgehead atoms. The van der Waals surface area contributed by atoms with Gasteiger partial charge >= 0.3 is 6.03 Å². The van der Waals surface area contributed by atoms with E-state index in [2.05, 4.69) is 18.3 Å². The summed E-state index contributed by atoms with van der Waals surface area (Å²) in [5, 5.41) is 10.3. The summed E-state index contributed by atoms with van der Waals surface area (Å²) in [6.07, 6.45) is 0.785. The lowest BCUT2D eigenvalue weighted by atomic mass is 9.99. The Bertz CT molecular complexity index is 951. The molecule has 0 fully saturated rings. The minimum absolute atomic E-state index is 0.0910. The molecular formula is C19H19ClN4OS. The number of rotatable bonds is 2. The van der Waals surface area contributed by atoms with Gasteiger partial charge in [0.1, 0.15) is 5.69 Å². The van der Waals surface area contributed by atoms with Gasteiger partial charge in [0.05, 0.1) is 11.4 Å². The summed E-state index contributed by atoms with van der Waals surface area (Å²) in [4.78, 5) is 15.8. The van der Waals surface area contributed by atoms with Crippen LogP contribution in [0.4, 0.5) is 10.5 Å². The van der Waals surface area contributed by atoms with E-state index in [1.54, 1.807) is 23.5 Å². The molecule has 5 nitrogen and oxygen atoms in total. The molecular weight excluding hydrogens is 368 g/mol. The van der Waals surface area contributed by atoms with Crippen LogP contribution in [0.1, 0.15) is 18.2 Å². The van der Waals surface area contributed by atoms with E-state index in [4.69, 9.17) is 16.7 Å². The quantitative estimate of drug-likeness (QED) is 0.689. The molecule has 26 heavy (non-hydrogen) atoms. The van der Waals surface area contributed by atoms with Gasteiger partial charge in [0, 0.05) is 41.5 Å². The number of anilines is 1. The summed E-state index contributed by atoms with van der Waals surface area (Å²) < 4.78 is 1.95. The Morgan fingerprint density at radius 3 is 2.92 bits per heavy atom. The maximum atomic E-state index is 12.9. The maximum absolute atomic E-state index is 12.9. The second-order valence-corrected chi connectivity index (χ2v) is 7.88. The number of nitrogens with zero attached hydrogens (tertiary/aromatic N) is 3. The molecule has 0 saturated heterocycles. The zero-order valence-corrected chi connectivity index (χ0v) is 16.1. The number of nitrogens with one attached hydrogen (secondary N) is 1. The van der Waals surface area contributed by atoms with Gasteiger partial charge in [-0.05, 0) is 36.6 Å². The van der Waals surface area contributed by atoms with E-state index >= 15 is 0 Å². The molecule has 1 aliphatic heterocycles. The minimum Gasteiger partial charge on any atom is -0.317 e. The van der Waals surface area contributed by atoms with E-state index in [0.717, 1.165) is 22.6 Å². The largest absolute Gasteiger partial charge is 0.322 e. The Balaban J connectivity index is 1.62. The van der Waals surface area contributed by atoms with Crippen molar-refractivity contribution in [2.75, 3.05) is 5.32 Å². The van der Waals surface area contributed by atoms with E-state index < -0.39 is 0 Å². The first-order valence-corrected chi connectivity index (χ1v) is 9.70. The van der Waals surface area contributed by atoms with Crippen LogP contribution in [0.3, 0.4) is 0 Å². The highest BCUT2D eigenvalue weighted by atomic mass is 35.5. The van der Waals surface area contributed by atoms with Crippen molar-refractivity contribution in [1.82, 2.24) is 14.7 Å². The number of hydrogen-bond acceptors (Lipinski definition) is 3. The topological polar surface area (TPSA) is 50.2 Å². The Morgan fingerprint density at radius 1 is 1.35 bits per heavy atom. The fraction of sp³-hybridized carbons (Fsp3) is 0.263. The molecule has 134 valence electrons. The molecule has 0 saturated carbocycles. The summed E-state index contributed by atoms with van der Waals surface area (Å²) >= 11 is 7.68. The number of carbonyl (C=O) groups excluding carboxylic acids is 1. The van der Waals surface area contributed by atoms with Crippen LogP contribution in [0.25, 0.3) is 10.6 Å². The van der Waals surface area contributed by atoms with Gasteiger partial charge in [-0.3, -0.25) is 4.68 Å². The second kappa shape index (κ2) is 6.78. The van der Waals surface area contributed by atoms with Gasteiger partial charge in [-0.25, -0.2) is 4.79 Å². The fourth-order valence-corrected chi connectivity index (χ4v) is 4.31. The summed E-state index contributed by atoms with van der Waals surface area (Å²) in [7, 11) is 1.98. The molecule has 3 heterocycles. The molecule has 1 aliphatic rings. The molecule has 1 atom stereocenters. The lowest BCUT2D eigenvalue weighted by molar-refractivity contribution is 0.181. The molecule has 3 aromatic rings. The van der Waals surface area contributed by atoms with Gasteiger partial charge in [0.15, 0.2) is 0 Å². The number of thiophene rings is 1. The summed E-state index contributed by atoms with van der Waals surface area (Å²) in [5.41, 5.74) is 4.01. The molecule has 1 N–H and O–H groups in total. The third kappa shape index (κ3) is 3.10. The van der Waals surface area contributed by atoms with E-state index in [9.17, 15) is 4.79 Å². The van der Waals surface area contributed by atoms with Crippen molar-refractivity contribution < 1.29 is 4.79 Å². The Morgan fingerprint density at radius 2 is 2.19 bits per heavy atom. The van der Waals surface area contributed by atoms with Gasteiger partial charge in [0.25, 0.3) is 0 Å². The average molecular weight is 387 g/mol. The molecule has 2 amide bonds. The summed E-state index contributed by atoms with van der Waals surface area (Å²) in [6.45, 7) is 2.61. The monoisotopic (exact) mass is 386 g/mol. The molecule has 0 aliphatic carbocycles. The van der Waals surface area contributed by atoms with Crippen molar-refractivity contribution in [2.45, 2.75) is 25.9 Å². The number of aryl methyl sites for hydroxylation is 1. The smallest absolute Gasteiger partial charge is 0.317 e. The third-order valence-corrected chi connectivity index (χ3v) is 5.83. The average Bonchev–Trinajstić information content (AvgIpc) is 3.23. The Labute approximate surface area is 161 Å². The van der Waals surface area contributed by atoms with Gasteiger partial charge in [-0.15, -0.1) is 11.3 Å².